The number of hydrogen-bond donors (Lipinski definition) is 0. The van der Waals surface area contributed by atoms with Crippen LogP contribution in [0.1, 0.15) is 24.3 Å². The van der Waals surface area contributed by atoms with Crippen molar-refractivity contribution in [2.45, 2.75) is 26.1 Å². The smallest absolute Gasteiger partial charge is 0.270 e. The highest BCUT2D eigenvalue weighted by atomic mass is 19.1. The third-order valence-electron chi connectivity index (χ3n) is 5.00. The number of amides is 1. The minimum Gasteiger partial charge on any atom is -0.372 e. The number of aryl methyl sites for hydroxylation is 1. The van der Waals surface area contributed by atoms with E-state index in [1.807, 2.05) is 42.6 Å². The lowest BCUT2D eigenvalue weighted by Gasteiger charge is -2.35. The van der Waals surface area contributed by atoms with E-state index in [0.717, 1.165) is 11.1 Å². The zero-order chi connectivity index (χ0) is 20.5. The molecule has 7 heteroatoms. The van der Waals surface area contributed by atoms with Crippen molar-refractivity contribution in [3.63, 3.8) is 0 Å². The molecule has 0 radical (unpaired) electrons. The molecule has 0 bridgehead atoms. The second kappa shape index (κ2) is 7.75. The van der Waals surface area contributed by atoms with Gasteiger partial charge in [-0.15, -0.1) is 0 Å². The van der Waals surface area contributed by atoms with Crippen LogP contribution in [-0.2, 0) is 11.8 Å². The van der Waals surface area contributed by atoms with E-state index in [0.29, 0.717) is 30.2 Å². The summed E-state index contributed by atoms with van der Waals surface area (Å²) in [5, 5.41) is 0. The summed E-state index contributed by atoms with van der Waals surface area (Å²) in [5.41, 5.74) is 2.88. The predicted octanol–water partition coefficient (Wildman–Crippen LogP) is 3.54. The molecule has 150 valence electrons. The molecule has 3 aromatic rings. The van der Waals surface area contributed by atoms with Crippen LogP contribution in [0.25, 0.3) is 22.5 Å². The molecule has 1 aliphatic rings. The predicted molar refractivity (Wildman–Crippen MR) is 108 cm³/mol. The van der Waals surface area contributed by atoms with Crippen LogP contribution in [0.4, 0.5) is 4.39 Å². The summed E-state index contributed by atoms with van der Waals surface area (Å²) in [6.07, 6.45) is 5.31. The number of rotatable bonds is 3. The Labute approximate surface area is 169 Å². The maximum atomic E-state index is 13.4. The van der Waals surface area contributed by atoms with Gasteiger partial charge >= 0.3 is 0 Å². The van der Waals surface area contributed by atoms with Crippen molar-refractivity contribution in [3.8, 4) is 22.5 Å². The standard InChI is InChI=1S/C22H23FN4O2/c1-14-11-27(12-15(2)29-14)22(28)20-8-17(13-26(20)3)18-9-24-21(25-10-18)16-5-4-6-19(23)7-16/h4-10,13-15H,11-12H2,1-3H3. The van der Waals surface area contributed by atoms with Crippen molar-refractivity contribution in [1.82, 2.24) is 19.4 Å². The zero-order valence-corrected chi connectivity index (χ0v) is 16.7. The maximum Gasteiger partial charge on any atom is 0.270 e. The number of benzene rings is 1. The van der Waals surface area contributed by atoms with Crippen molar-refractivity contribution in [1.29, 1.82) is 0 Å². The SMILES string of the molecule is CC1CN(C(=O)c2cc(-c3cnc(-c4cccc(F)c4)nc3)cn2C)CC(C)O1. The number of aromatic nitrogens is 3. The van der Waals surface area contributed by atoms with E-state index >= 15 is 0 Å². The van der Waals surface area contributed by atoms with Crippen LogP contribution < -0.4 is 0 Å². The fourth-order valence-corrected chi connectivity index (χ4v) is 3.69. The van der Waals surface area contributed by atoms with E-state index in [-0.39, 0.29) is 23.9 Å². The number of carbonyl (C=O) groups excluding carboxylic acids is 1. The fourth-order valence-electron chi connectivity index (χ4n) is 3.69. The Morgan fingerprint density at radius 1 is 1.07 bits per heavy atom. The molecular weight excluding hydrogens is 371 g/mol. The van der Waals surface area contributed by atoms with Gasteiger partial charge in [0.2, 0.25) is 0 Å². The normalized spacial score (nSPS) is 19.4. The van der Waals surface area contributed by atoms with Gasteiger partial charge in [0.1, 0.15) is 11.5 Å². The lowest BCUT2D eigenvalue weighted by molar-refractivity contribution is -0.0588. The quantitative estimate of drug-likeness (QED) is 0.682. The van der Waals surface area contributed by atoms with Crippen molar-refractivity contribution < 1.29 is 13.9 Å². The first-order chi connectivity index (χ1) is 13.9. The molecule has 0 aliphatic carbocycles. The minimum absolute atomic E-state index is 0.0157. The molecule has 1 saturated heterocycles. The fraction of sp³-hybridized carbons (Fsp3) is 0.318. The molecule has 4 rings (SSSR count). The van der Waals surface area contributed by atoms with Gasteiger partial charge in [-0.25, -0.2) is 14.4 Å². The summed E-state index contributed by atoms with van der Waals surface area (Å²) in [7, 11) is 1.85. The number of halogens is 1. The van der Waals surface area contributed by atoms with Crippen molar-refractivity contribution in [3.05, 3.63) is 60.4 Å². The molecule has 1 aromatic carbocycles. The summed E-state index contributed by atoms with van der Waals surface area (Å²) < 4.78 is 21.0. The van der Waals surface area contributed by atoms with Crippen LogP contribution in [0.2, 0.25) is 0 Å². The molecule has 3 heterocycles. The highest BCUT2D eigenvalue weighted by Crippen LogP contribution is 2.24. The van der Waals surface area contributed by atoms with Crippen molar-refractivity contribution in [2.24, 2.45) is 7.05 Å². The Morgan fingerprint density at radius 2 is 1.76 bits per heavy atom. The average Bonchev–Trinajstić information content (AvgIpc) is 3.08. The second-order valence-corrected chi connectivity index (χ2v) is 7.50. The minimum atomic E-state index is -0.326. The van der Waals surface area contributed by atoms with E-state index in [1.54, 1.807) is 24.5 Å². The monoisotopic (exact) mass is 394 g/mol. The largest absolute Gasteiger partial charge is 0.372 e. The van der Waals surface area contributed by atoms with E-state index in [9.17, 15) is 9.18 Å². The van der Waals surface area contributed by atoms with Crippen molar-refractivity contribution >= 4 is 5.91 Å². The lowest BCUT2D eigenvalue weighted by atomic mass is 10.1. The first-order valence-corrected chi connectivity index (χ1v) is 9.60. The number of nitrogens with zero attached hydrogens (tertiary/aromatic N) is 4. The highest BCUT2D eigenvalue weighted by Gasteiger charge is 2.28. The second-order valence-electron chi connectivity index (χ2n) is 7.50. The molecule has 6 nitrogen and oxygen atoms in total. The summed E-state index contributed by atoms with van der Waals surface area (Å²) >= 11 is 0. The van der Waals surface area contributed by atoms with Crippen LogP contribution in [0.3, 0.4) is 0 Å². The van der Waals surface area contributed by atoms with E-state index < -0.39 is 0 Å². The Bertz CT molecular complexity index is 1020. The van der Waals surface area contributed by atoms with Gasteiger partial charge in [0.05, 0.1) is 12.2 Å². The number of carbonyl (C=O) groups is 1. The van der Waals surface area contributed by atoms with Gasteiger partial charge in [-0.1, -0.05) is 12.1 Å². The number of ether oxygens (including phenoxy) is 1. The first kappa shape index (κ1) is 19.3. The molecule has 2 unspecified atom stereocenters. The summed E-state index contributed by atoms with van der Waals surface area (Å²) in [6, 6.07) is 8.04. The molecule has 29 heavy (non-hydrogen) atoms. The van der Waals surface area contributed by atoms with Gasteiger partial charge in [-0.3, -0.25) is 4.79 Å². The highest BCUT2D eigenvalue weighted by molar-refractivity contribution is 5.94. The number of morpholine rings is 1. The maximum absolute atomic E-state index is 13.4. The van der Waals surface area contributed by atoms with Crippen LogP contribution in [0, 0.1) is 5.82 Å². The molecule has 1 aliphatic heterocycles. The van der Waals surface area contributed by atoms with Crippen LogP contribution in [0.5, 0.6) is 0 Å². The van der Waals surface area contributed by atoms with Crippen molar-refractivity contribution in [2.75, 3.05) is 13.1 Å². The van der Waals surface area contributed by atoms with Crippen LogP contribution >= 0.6 is 0 Å². The van der Waals surface area contributed by atoms with Crippen LogP contribution in [0.15, 0.2) is 48.9 Å². The Balaban J connectivity index is 1.57. The van der Waals surface area contributed by atoms with Gasteiger partial charge in [0, 0.05) is 55.4 Å². The zero-order valence-electron chi connectivity index (χ0n) is 16.7. The van der Waals surface area contributed by atoms with Crippen LogP contribution in [-0.4, -0.2) is 50.6 Å². The topological polar surface area (TPSA) is 60.2 Å². The third kappa shape index (κ3) is 4.05. The molecule has 0 saturated carbocycles. The summed E-state index contributed by atoms with van der Waals surface area (Å²) in [4.78, 5) is 23.6. The Hall–Kier alpha value is -3.06. The lowest BCUT2D eigenvalue weighted by Crippen LogP contribution is -2.48. The molecule has 2 atom stereocenters. The molecule has 2 aromatic heterocycles. The Kier molecular flexibility index (Phi) is 5.15. The Morgan fingerprint density at radius 3 is 2.41 bits per heavy atom. The molecule has 0 spiro atoms. The first-order valence-electron chi connectivity index (χ1n) is 9.60. The van der Waals surface area contributed by atoms with Gasteiger partial charge in [-0.2, -0.15) is 0 Å². The van der Waals surface area contributed by atoms with E-state index in [4.69, 9.17) is 4.74 Å². The van der Waals surface area contributed by atoms with E-state index in [1.165, 1.54) is 12.1 Å². The number of hydrogen-bond acceptors (Lipinski definition) is 4. The van der Waals surface area contributed by atoms with Gasteiger partial charge in [0.15, 0.2) is 5.82 Å². The summed E-state index contributed by atoms with van der Waals surface area (Å²) in [5.74, 6) is 0.114. The van der Waals surface area contributed by atoms with Gasteiger partial charge < -0.3 is 14.2 Å². The molecule has 1 fully saturated rings. The molecular formula is C22H23FN4O2. The summed E-state index contributed by atoms with van der Waals surface area (Å²) in [6.45, 7) is 5.11. The van der Waals surface area contributed by atoms with Gasteiger partial charge in [-0.05, 0) is 32.0 Å². The van der Waals surface area contributed by atoms with Gasteiger partial charge in [0.25, 0.3) is 5.91 Å². The molecule has 1 amide bonds. The third-order valence-corrected chi connectivity index (χ3v) is 5.00. The molecule has 0 N–H and O–H groups in total. The average molecular weight is 394 g/mol. The van der Waals surface area contributed by atoms with E-state index in [2.05, 4.69) is 9.97 Å².